The third-order valence-electron chi connectivity index (χ3n) is 5.90. The predicted molar refractivity (Wildman–Crippen MR) is 128 cm³/mol. The lowest BCUT2D eigenvalue weighted by atomic mass is 10.1. The second-order valence-electron chi connectivity index (χ2n) is 8.23. The van der Waals surface area contributed by atoms with Crippen LogP contribution in [0.5, 0.6) is 5.75 Å². The molecule has 2 N–H and O–H groups in total. The number of amides is 2. The number of ether oxygens (including phenoxy) is 1. The van der Waals surface area contributed by atoms with Crippen molar-refractivity contribution in [3.63, 3.8) is 0 Å². The third-order valence-corrected chi connectivity index (χ3v) is 5.90. The molecule has 0 saturated carbocycles. The Kier molecular flexibility index (Phi) is 5.56. The summed E-state index contributed by atoms with van der Waals surface area (Å²) in [6.45, 7) is 2.70. The first-order chi connectivity index (χ1) is 16.1. The van der Waals surface area contributed by atoms with Gasteiger partial charge in [-0.05, 0) is 61.7 Å². The van der Waals surface area contributed by atoms with E-state index in [0.29, 0.717) is 6.54 Å². The quantitative estimate of drug-likeness (QED) is 0.446. The Morgan fingerprint density at radius 1 is 1.06 bits per heavy atom. The number of aryl methyl sites for hydroxylation is 1. The highest BCUT2D eigenvalue weighted by Crippen LogP contribution is 2.34. The molecule has 0 aliphatic carbocycles. The number of rotatable bonds is 5. The molecule has 2 aromatic heterocycles. The van der Waals surface area contributed by atoms with Crippen molar-refractivity contribution in [2.24, 2.45) is 0 Å². The number of fused-ring (bicyclic) bond motifs is 1. The van der Waals surface area contributed by atoms with Gasteiger partial charge in [-0.25, -0.2) is 9.31 Å². The number of carbonyl (C=O) groups is 1. The molecule has 1 atom stereocenters. The van der Waals surface area contributed by atoms with Gasteiger partial charge in [-0.3, -0.25) is 0 Å². The maximum Gasteiger partial charge on any atom is 0.322 e. The highest BCUT2D eigenvalue weighted by molar-refractivity contribution is 5.90. The molecule has 3 heterocycles. The molecule has 4 aromatic rings. The summed E-state index contributed by atoms with van der Waals surface area (Å²) >= 11 is 0. The average molecular weight is 443 g/mol. The van der Waals surface area contributed by atoms with E-state index in [9.17, 15) is 4.79 Å². The minimum Gasteiger partial charge on any atom is -0.497 e. The van der Waals surface area contributed by atoms with E-state index < -0.39 is 0 Å². The van der Waals surface area contributed by atoms with E-state index >= 15 is 0 Å². The number of anilines is 3. The molecule has 8 nitrogen and oxygen atoms in total. The molecule has 1 saturated heterocycles. The van der Waals surface area contributed by atoms with Crippen molar-refractivity contribution >= 4 is 28.6 Å². The van der Waals surface area contributed by atoms with Crippen LogP contribution in [0.1, 0.15) is 30.1 Å². The summed E-state index contributed by atoms with van der Waals surface area (Å²) < 4.78 is 7.05. The molecule has 0 spiro atoms. The second-order valence-corrected chi connectivity index (χ2v) is 8.23. The van der Waals surface area contributed by atoms with Gasteiger partial charge in [0, 0.05) is 24.0 Å². The van der Waals surface area contributed by atoms with E-state index in [0.717, 1.165) is 52.4 Å². The van der Waals surface area contributed by atoms with Crippen LogP contribution in [0.4, 0.5) is 21.9 Å². The Morgan fingerprint density at radius 2 is 1.91 bits per heavy atom. The van der Waals surface area contributed by atoms with Crippen molar-refractivity contribution in [2.45, 2.75) is 25.8 Å². The molecule has 2 amide bonds. The van der Waals surface area contributed by atoms with E-state index in [2.05, 4.69) is 20.9 Å². The summed E-state index contributed by atoms with van der Waals surface area (Å²) in [4.78, 5) is 14.9. The fraction of sp³-hybridized carbons (Fsp3) is 0.240. The minimum absolute atomic E-state index is 0.107. The first-order valence-corrected chi connectivity index (χ1v) is 11.0. The van der Waals surface area contributed by atoms with Crippen LogP contribution in [0.3, 0.4) is 0 Å². The number of hydrogen-bond donors (Lipinski definition) is 2. The number of aromatic nitrogens is 3. The predicted octanol–water partition coefficient (Wildman–Crippen LogP) is 5.16. The van der Waals surface area contributed by atoms with Crippen molar-refractivity contribution < 1.29 is 9.53 Å². The maximum atomic E-state index is 13.0. The molecule has 0 bridgehead atoms. The maximum absolute atomic E-state index is 13.0. The summed E-state index contributed by atoms with van der Waals surface area (Å²) in [5.74, 6) is 0.786. The van der Waals surface area contributed by atoms with Gasteiger partial charge in [-0.2, -0.15) is 0 Å². The van der Waals surface area contributed by atoms with Crippen LogP contribution >= 0.6 is 0 Å². The van der Waals surface area contributed by atoms with Gasteiger partial charge in [-0.1, -0.05) is 23.4 Å². The smallest absolute Gasteiger partial charge is 0.322 e. The Bertz CT molecular complexity index is 1300. The van der Waals surface area contributed by atoms with Crippen LogP contribution in [0.25, 0.3) is 5.52 Å². The average Bonchev–Trinajstić information content (AvgIpc) is 3.46. The molecule has 33 heavy (non-hydrogen) atoms. The van der Waals surface area contributed by atoms with Gasteiger partial charge in [0.2, 0.25) is 0 Å². The van der Waals surface area contributed by atoms with Crippen LogP contribution in [-0.4, -0.2) is 39.4 Å². The minimum atomic E-state index is -0.111. The number of hydrogen-bond acceptors (Lipinski definition) is 5. The van der Waals surface area contributed by atoms with E-state index in [1.165, 1.54) is 0 Å². The lowest BCUT2D eigenvalue weighted by Gasteiger charge is -2.24. The number of benzene rings is 2. The van der Waals surface area contributed by atoms with Crippen LogP contribution in [0, 0.1) is 6.92 Å². The van der Waals surface area contributed by atoms with Gasteiger partial charge in [0.1, 0.15) is 11.4 Å². The molecule has 1 aliphatic rings. The first kappa shape index (κ1) is 20.8. The molecule has 8 heteroatoms. The molecular formula is C25H26N6O2. The van der Waals surface area contributed by atoms with Crippen molar-refractivity contribution in [3.05, 3.63) is 78.1 Å². The highest BCUT2D eigenvalue weighted by Gasteiger charge is 2.33. The Morgan fingerprint density at radius 3 is 2.76 bits per heavy atom. The number of methoxy groups -OCH3 is 1. The Labute approximate surface area is 192 Å². The molecule has 1 aliphatic heterocycles. The lowest BCUT2D eigenvalue weighted by molar-refractivity contribution is 0.206. The summed E-state index contributed by atoms with van der Waals surface area (Å²) in [7, 11) is 1.65. The molecule has 0 radical (unpaired) electrons. The van der Waals surface area contributed by atoms with Gasteiger partial charge in [0.05, 0.1) is 30.6 Å². The molecule has 5 rings (SSSR count). The molecule has 1 unspecified atom stereocenters. The standard InChI is InChI=1S/C25H26N6O2/c1-17-6-3-7-18(14-17)27-25(32)30-13-5-10-22(30)24-23-12-11-20(16-31(23)29-28-24)26-19-8-4-9-21(15-19)33-2/h3-4,6-9,11-12,14-16,22,26H,5,10,13H2,1-2H3,(H,27,32). The zero-order chi connectivity index (χ0) is 22.8. The number of likely N-dealkylation sites (tertiary alicyclic amines) is 1. The summed E-state index contributed by atoms with van der Waals surface area (Å²) in [5.41, 5.74) is 5.42. The van der Waals surface area contributed by atoms with Gasteiger partial charge in [0.15, 0.2) is 0 Å². The Balaban J connectivity index is 1.36. The SMILES string of the molecule is COc1cccc(Nc2ccc3c(C4CCCN4C(=O)Nc4cccc(C)c4)nnn3c2)c1. The number of nitrogens with zero attached hydrogens (tertiary/aromatic N) is 4. The summed E-state index contributed by atoms with van der Waals surface area (Å²) in [6.07, 6.45) is 3.69. The van der Waals surface area contributed by atoms with Gasteiger partial charge >= 0.3 is 6.03 Å². The highest BCUT2D eigenvalue weighted by atomic mass is 16.5. The number of carbonyl (C=O) groups excluding carboxylic acids is 1. The number of urea groups is 1. The monoisotopic (exact) mass is 442 g/mol. The van der Waals surface area contributed by atoms with Crippen LogP contribution in [0.2, 0.25) is 0 Å². The normalized spacial score (nSPS) is 15.6. The van der Waals surface area contributed by atoms with E-state index in [4.69, 9.17) is 4.74 Å². The van der Waals surface area contributed by atoms with Crippen LogP contribution in [0.15, 0.2) is 66.9 Å². The number of pyridine rings is 1. The first-order valence-electron chi connectivity index (χ1n) is 11.0. The van der Waals surface area contributed by atoms with Gasteiger partial charge < -0.3 is 20.3 Å². The van der Waals surface area contributed by atoms with Crippen molar-refractivity contribution in [1.82, 2.24) is 19.7 Å². The number of nitrogens with one attached hydrogen (secondary N) is 2. The topological polar surface area (TPSA) is 83.8 Å². The largest absolute Gasteiger partial charge is 0.497 e. The summed E-state index contributed by atoms with van der Waals surface area (Å²) in [6, 6.07) is 19.3. The van der Waals surface area contributed by atoms with Crippen molar-refractivity contribution in [1.29, 1.82) is 0 Å². The van der Waals surface area contributed by atoms with Crippen molar-refractivity contribution in [2.75, 3.05) is 24.3 Å². The molecule has 1 fully saturated rings. The second kappa shape index (κ2) is 8.82. The van der Waals surface area contributed by atoms with Crippen LogP contribution < -0.4 is 15.4 Å². The van der Waals surface area contributed by atoms with Crippen molar-refractivity contribution in [3.8, 4) is 5.75 Å². The van der Waals surface area contributed by atoms with Crippen LogP contribution in [-0.2, 0) is 0 Å². The van der Waals surface area contributed by atoms with E-state index in [-0.39, 0.29) is 12.1 Å². The van der Waals surface area contributed by atoms with E-state index in [1.54, 1.807) is 11.6 Å². The molecular weight excluding hydrogens is 416 g/mol. The lowest BCUT2D eigenvalue weighted by Crippen LogP contribution is -2.34. The van der Waals surface area contributed by atoms with E-state index in [1.807, 2.05) is 78.7 Å². The van der Waals surface area contributed by atoms with Gasteiger partial charge in [0.25, 0.3) is 0 Å². The zero-order valence-corrected chi connectivity index (χ0v) is 18.7. The molecule has 2 aromatic carbocycles. The Hall–Kier alpha value is -4.07. The zero-order valence-electron chi connectivity index (χ0n) is 18.7. The fourth-order valence-corrected chi connectivity index (χ4v) is 4.30. The third kappa shape index (κ3) is 4.32. The fourth-order valence-electron chi connectivity index (χ4n) is 4.30. The summed E-state index contributed by atoms with van der Waals surface area (Å²) in [5, 5.41) is 15.2. The molecule has 168 valence electrons. The van der Waals surface area contributed by atoms with Gasteiger partial charge in [-0.15, -0.1) is 5.10 Å².